The second kappa shape index (κ2) is 7.89. The van der Waals surface area contributed by atoms with Gasteiger partial charge in [0.05, 0.1) is 11.4 Å². The summed E-state index contributed by atoms with van der Waals surface area (Å²) in [6.45, 7) is 12.0. The molecule has 0 bridgehead atoms. The molecule has 0 aliphatic rings. The number of oxime groups is 1. The molecule has 0 atom stereocenters. The zero-order chi connectivity index (χ0) is 15.1. The Morgan fingerprint density at radius 3 is 2.80 bits per heavy atom. The average Bonchev–Trinajstić information content (AvgIpc) is 2.74. The van der Waals surface area contributed by atoms with Crippen LogP contribution >= 0.6 is 0 Å². The molecular weight excluding hydrogens is 254 g/mol. The standard InChI is InChI=1S/C14H27N5O/c1-5-19-13(8-12(4)16-19)10-18(9-11(2)3)7-6-14(15)17-20/h8,11,20H,5-7,9-10H2,1-4H3,(H2,15,17). The van der Waals surface area contributed by atoms with Gasteiger partial charge in [0.1, 0.15) is 5.84 Å². The summed E-state index contributed by atoms with van der Waals surface area (Å²) in [6.07, 6.45) is 0.572. The molecule has 0 aromatic carbocycles. The number of hydrogen-bond donors (Lipinski definition) is 2. The van der Waals surface area contributed by atoms with Gasteiger partial charge >= 0.3 is 0 Å². The average molecular weight is 281 g/mol. The third-order valence-corrected chi connectivity index (χ3v) is 3.11. The fraction of sp³-hybridized carbons (Fsp3) is 0.714. The monoisotopic (exact) mass is 281 g/mol. The van der Waals surface area contributed by atoms with Gasteiger partial charge in [-0.3, -0.25) is 9.58 Å². The van der Waals surface area contributed by atoms with Crippen molar-refractivity contribution in [2.75, 3.05) is 13.1 Å². The molecule has 1 aromatic rings. The molecule has 0 amide bonds. The molecule has 1 rings (SSSR count). The molecule has 0 fully saturated rings. The van der Waals surface area contributed by atoms with Crippen molar-refractivity contribution in [3.63, 3.8) is 0 Å². The second-order valence-electron chi connectivity index (χ2n) is 5.56. The van der Waals surface area contributed by atoms with Gasteiger partial charge in [-0.05, 0) is 25.8 Å². The minimum absolute atomic E-state index is 0.277. The summed E-state index contributed by atoms with van der Waals surface area (Å²) in [5.74, 6) is 0.848. The lowest BCUT2D eigenvalue weighted by Crippen LogP contribution is -2.32. The van der Waals surface area contributed by atoms with Gasteiger partial charge in [-0.25, -0.2) is 0 Å². The number of hydrogen-bond acceptors (Lipinski definition) is 4. The molecule has 0 aliphatic carbocycles. The summed E-state index contributed by atoms with van der Waals surface area (Å²) >= 11 is 0. The number of aryl methyl sites for hydroxylation is 2. The van der Waals surface area contributed by atoms with Gasteiger partial charge in [-0.1, -0.05) is 19.0 Å². The van der Waals surface area contributed by atoms with E-state index in [1.54, 1.807) is 0 Å². The van der Waals surface area contributed by atoms with Gasteiger partial charge in [0.2, 0.25) is 0 Å². The minimum atomic E-state index is 0.277. The summed E-state index contributed by atoms with van der Waals surface area (Å²) in [7, 11) is 0. The Morgan fingerprint density at radius 1 is 1.55 bits per heavy atom. The van der Waals surface area contributed by atoms with Crippen molar-refractivity contribution in [3.05, 3.63) is 17.5 Å². The molecule has 1 aromatic heterocycles. The van der Waals surface area contributed by atoms with E-state index in [1.807, 2.05) is 11.6 Å². The summed E-state index contributed by atoms with van der Waals surface area (Å²) in [4.78, 5) is 2.32. The predicted molar refractivity (Wildman–Crippen MR) is 80.8 cm³/mol. The number of aromatic nitrogens is 2. The van der Waals surface area contributed by atoms with Crippen molar-refractivity contribution in [2.24, 2.45) is 16.8 Å². The number of nitrogens with two attached hydrogens (primary N) is 1. The van der Waals surface area contributed by atoms with Crippen LogP contribution in [0.2, 0.25) is 0 Å². The molecule has 3 N–H and O–H groups in total. The lowest BCUT2D eigenvalue weighted by atomic mass is 10.2. The van der Waals surface area contributed by atoms with Crippen LogP contribution in [0, 0.1) is 12.8 Å². The second-order valence-corrected chi connectivity index (χ2v) is 5.56. The van der Waals surface area contributed by atoms with E-state index in [0.29, 0.717) is 12.3 Å². The molecule has 0 spiro atoms. The van der Waals surface area contributed by atoms with E-state index in [2.05, 4.69) is 42.0 Å². The van der Waals surface area contributed by atoms with Crippen molar-refractivity contribution in [3.8, 4) is 0 Å². The fourth-order valence-electron chi connectivity index (χ4n) is 2.30. The topological polar surface area (TPSA) is 79.7 Å². The Balaban J connectivity index is 2.72. The molecule has 114 valence electrons. The predicted octanol–water partition coefficient (Wildman–Crippen LogP) is 1.81. The van der Waals surface area contributed by atoms with Crippen molar-refractivity contribution in [1.82, 2.24) is 14.7 Å². The zero-order valence-electron chi connectivity index (χ0n) is 13.0. The molecule has 6 heteroatoms. The van der Waals surface area contributed by atoms with E-state index in [0.717, 1.165) is 31.9 Å². The first-order valence-electron chi connectivity index (χ1n) is 7.18. The first-order valence-corrected chi connectivity index (χ1v) is 7.18. The highest BCUT2D eigenvalue weighted by molar-refractivity contribution is 5.79. The largest absolute Gasteiger partial charge is 0.409 e. The summed E-state index contributed by atoms with van der Waals surface area (Å²) < 4.78 is 2.03. The van der Waals surface area contributed by atoms with Crippen LogP contribution in [-0.2, 0) is 13.1 Å². The van der Waals surface area contributed by atoms with Crippen molar-refractivity contribution >= 4 is 5.84 Å². The number of rotatable bonds is 8. The molecule has 1 heterocycles. The normalized spacial score (nSPS) is 12.6. The molecule has 0 saturated carbocycles. The van der Waals surface area contributed by atoms with Crippen LogP contribution in [-0.4, -0.2) is 38.8 Å². The molecular formula is C14H27N5O. The van der Waals surface area contributed by atoms with E-state index in [4.69, 9.17) is 10.9 Å². The first kappa shape index (κ1) is 16.5. The van der Waals surface area contributed by atoms with E-state index in [1.165, 1.54) is 5.69 Å². The summed E-state index contributed by atoms with van der Waals surface area (Å²) in [5.41, 5.74) is 7.82. The highest BCUT2D eigenvalue weighted by atomic mass is 16.4. The molecule has 20 heavy (non-hydrogen) atoms. The third-order valence-electron chi connectivity index (χ3n) is 3.11. The van der Waals surface area contributed by atoms with Gasteiger partial charge in [0.25, 0.3) is 0 Å². The van der Waals surface area contributed by atoms with Crippen LogP contribution in [0.15, 0.2) is 11.2 Å². The number of amidine groups is 1. The van der Waals surface area contributed by atoms with E-state index in [-0.39, 0.29) is 5.84 Å². The maximum atomic E-state index is 8.64. The summed E-state index contributed by atoms with van der Waals surface area (Å²) in [5, 5.41) is 16.1. The molecule has 0 unspecified atom stereocenters. The van der Waals surface area contributed by atoms with Crippen molar-refractivity contribution in [1.29, 1.82) is 0 Å². The Bertz CT molecular complexity index is 439. The van der Waals surface area contributed by atoms with Gasteiger partial charge < -0.3 is 10.9 Å². The highest BCUT2D eigenvalue weighted by Gasteiger charge is 2.12. The molecule has 0 aliphatic heterocycles. The van der Waals surface area contributed by atoms with Crippen LogP contribution in [0.5, 0.6) is 0 Å². The Labute approximate surface area is 121 Å². The van der Waals surface area contributed by atoms with Crippen LogP contribution in [0.3, 0.4) is 0 Å². The Morgan fingerprint density at radius 2 is 2.25 bits per heavy atom. The SMILES string of the molecule is CCn1nc(C)cc1CN(CCC(N)=NO)CC(C)C. The number of nitrogens with zero attached hydrogens (tertiary/aromatic N) is 4. The maximum Gasteiger partial charge on any atom is 0.140 e. The van der Waals surface area contributed by atoms with E-state index >= 15 is 0 Å². The van der Waals surface area contributed by atoms with Crippen molar-refractivity contribution < 1.29 is 5.21 Å². The van der Waals surface area contributed by atoms with Gasteiger partial charge in [-0.2, -0.15) is 5.10 Å². The highest BCUT2D eigenvalue weighted by Crippen LogP contribution is 2.10. The summed E-state index contributed by atoms with van der Waals surface area (Å²) in [6, 6.07) is 2.13. The minimum Gasteiger partial charge on any atom is -0.409 e. The van der Waals surface area contributed by atoms with Crippen LogP contribution in [0.4, 0.5) is 0 Å². The van der Waals surface area contributed by atoms with Crippen LogP contribution < -0.4 is 5.73 Å². The lowest BCUT2D eigenvalue weighted by Gasteiger charge is -2.24. The Kier molecular flexibility index (Phi) is 6.51. The molecule has 0 radical (unpaired) electrons. The van der Waals surface area contributed by atoms with E-state index < -0.39 is 0 Å². The first-order chi connectivity index (χ1) is 9.46. The smallest absolute Gasteiger partial charge is 0.140 e. The van der Waals surface area contributed by atoms with Crippen molar-refractivity contribution in [2.45, 2.75) is 47.2 Å². The van der Waals surface area contributed by atoms with Crippen LogP contribution in [0.25, 0.3) is 0 Å². The quantitative estimate of drug-likeness (QED) is 0.329. The van der Waals surface area contributed by atoms with Crippen LogP contribution in [0.1, 0.15) is 38.6 Å². The Hall–Kier alpha value is -1.56. The maximum absolute atomic E-state index is 8.64. The third kappa shape index (κ3) is 5.21. The van der Waals surface area contributed by atoms with Gasteiger partial charge in [0.15, 0.2) is 0 Å². The lowest BCUT2D eigenvalue weighted by molar-refractivity contribution is 0.234. The molecule has 6 nitrogen and oxygen atoms in total. The van der Waals surface area contributed by atoms with Gasteiger partial charge in [-0.15, -0.1) is 0 Å². The molecule has 0 saturated heterocycles. The van der Waals surface area contributed by atoms with Gasteiger partial charge in [0, 0.05) is 32.6 Å². The van der Waals surface area contributed by atoms with E-state index in [9.17, 15) is 0 Å². The fourth-order valence-corrected chi connectivity index (χ4v) is 2.30. The zero-order valence-corrected chi connectivity index (χ0v) is 13.0.